The number of halogens is 2. The van der Waals surface area contributed by atoms with Crippen molar-refractivity contribution in [1.82, 2.24) is 0 Å². The minimum Gasteiger partial charge on any atom is -0.461 e. The van der Waals surface area contributed by atoms with E-state index in [9.17, 15) is 0 Å². The summed E-state index contributed by atoms with van der Waals surface area (Å²) < 4.78 is 5.36. The summed E-state index contributed by atoms with van der Waals surface area (Å²) >= 11 is 11.7. The summed E-state index contributed by atoms with van der Waals surface area (Å²) in [4.78, 5) is 0. The summed E-state index contributed by atoms with van der Waals surface area (Å²) in [6.07, 6.45) is 0. The zero-order valence-electron chi connectivity index (χ0n) is 6.40. The van der Waals surface area contributed by atoms with Gasteiger partial charge < -0.3 is 4.42 Å². The second kappa shape index (κ2) is 2.68. The Morgan fingerprint density at radius 3 is 2.67 bits per heavy atom. The quantitative estimate of drug-likeness (QED) is 0.626. The SMILES string of the molecule is Cc1cc2c(Cl)cc(Cl)cc2o1. The van der Waals surface area contributed by atoms with Gasteiger partial charge in [0.05, 0.1) is 5.02 Å². The van der Waals surface area contributed by atoms with Gasteiger partial charge in [-0.05, 0) is 19.1 Å². The van der Waals surface area contributed by atoms with Crippen LogP contribution in [0.15, 0.2) is 22.6 Å². The molecule has 0 saturated carbocycles. The first-order chi connectivity index (χ1) is 5.66. The normalized spacial score (nSPS) is 10.9. The first-order valence-electron chi connectivity index (χ1n) is 3.52. The standard InChI is InChI=1S/C9H6Cl2O/c1-5-2-7-8(11)3-6(10)4-9(7)12-5/h2-4H,1H3. The molecule has 0 atom stereocenters. The van der Waals surface area contributed by atoms with Crippen LogP contribution < -0.4 is 0 Å². The van der Waals surface area contributed by atoms with Crippen molar-refractivity contribution >= 4 is 34.2 Å². The van der Waals surface area contributed by atoms with Gasteiger partial charge in [-0.3, -0.25) is 0 Å². The van der Waals surface area contributed by atoms with Crippen LogP contribution in [0.4, 0.5) is 0 Å². The maximum Gasteiger partial charge on any atom is 0.137 e. The molecular weight excluding hydrogens is 195 g/mol. The maximum atomic E-state index is 5.93. The summed E-state index contributed by atoms with van der Waals surface area (Å²) in [6, 6.07) is 5.37. The van der Waals surface area contributed by atoms with Crippen LogP contribution in [0.3, 0.4) is 0 Å². The Hall–Kier alpha value is -0.660. The number of hydrogen-bond acceptors (Lipinski definition) is 1. The Morgan fingerprint density at radius 1 is 1.17 bits per heavy atom. The van der Waals surface area contributed by atoms with Gasteiger partial charge in [-0.2, -0.15) is 0 Å². The fraction of sp³-hybridized carbons (Fsp3) is 0.111. The monoisotopic (exact) mass is 200 g/mol. The van der Waals surface area contributed by atoms with Gasteiger partial charge in [0.25, 0.3) is 0 Å². The fourth-order valence-electron chi connectivity index (χ4n) is 1.19. The van der Waals surface area contributed by atoms with Gasteiger partial charge in [-0.15, -0.1) is 0 Å². The third-order valence-electron chi connectivity index (χ3n) is 1.67. The van der Waals surface area contributed by atoms with E-state index in [1.54, 1.807) is 12.1 Å². The topological polar surface area (TPSA) is 13.1 Å². The van der Waals surface area contributed by atoms with Crippen LogP contribution in [0.5, 0.6) is 0 Å². The Labute approximate surface area is 79.9 Å². The summed E-state index contributed by atoms with van der Waals surface area (Å²) in [5.41, 5.74) is 0.741. The smallest absolute Gasteiger partial charge is 0.137 e. The molecule has 0 radical (unpaired) electrons. The third-order valence-corrected chi connectivity index (χ3v) is 2.21. The second-order valence-corrected chi connectivity index (χ2v) is 3.50. The zero-order valence-corrected chi connectivity index (χ0v) is 7.91. The molecule has 1 heterocycles. The molecule has 0 fully saturated rings. The van der Waals surface area contributed by atoms with E-state index in [2.05, 4.69) is 0 Å². The van der Waals surface area contributed by atoms with E-state index in [0.717, 1.165) is 16.7 Å². The largest absolute Gasteiger partial charge is 0.461 e. The number of fused-ring (bicyclic) bond motifs is 1. The molecule has 0 N–H and O–H groups in total. The highest BCUT2D eigenvalue weighted by atomic mass is 35.5. The molecule has 3 heteroatoms. The molecule has 0 saturated heterocycles. The van der Waals surface area contributed by atoms with Crippen LogP contribution in [-0.2, 0) is 0 Å². The van der Waals surface area contributed by atoms with Crippen molar-refractivity contribution < 1.29 is 4.42 Å². The van der Waals surface area contributed by atoms with Crippen LogP contribution in [0, 0.1) is 6.92 Å². The molecule has 0 aliphatic carbocycles. The molecule has 0 amide bonds. The molecule has 0 bridgehead atoms. The van der Waals surface area contributed by atoms with Crippen molar-refractivity contribution in [2.45, 2.75) is 6.92 Å². The number of furan rings is 1. The maximum absolute atomic E-state index is 5.93. The highest BCUT2D eigenvalue weighted by Crippen LogP contribution is 2.29. The minimum absolute atomic E-state index is 0.599. The number of aryl methyl sites for hydroxylation is 1. The molecular formula is C9H6Cl2O. The van der Waals surface area contributed by atoms with Crippen molar-refractivity contribution in [3.05, 3.63) is 34.0 Å². The zero-order chi connectivity index (χ0) is 8.72. The van der Waals surface area contributed by atoms with Gasteiger partial charge in [0.15, 0.2) is 0 Å². The summed E-state index contributed by atoms with van der Waals surface area (Å²) in [5, 5.41) is 2.15. The average Bonchev–Trinajstić information content (AvgIpc) is 2.29. The highest BCUT2D eigenvalue weighted by Gasteiger charge is 2.05. The molecule has 0 aliphatic heterocycles. The first-order valence-corrected chi connectivity index (χ1v) is 4.27. The van der Waals surface area contributed by atoms with Crippen LogP contribution in [-0.4, -0.2) is 0 Å². The van der Waals surface area contributed by atoms with E-state index in [1.807, 2.05) is 13.0 Å². The van der Waals surface area contributed by atoms with Crippen molar-refractivity contribution in [3.63, 3.8) is 0 Å². The van der Waals surface area contributed by atoms with Gasteiger partial charge >= 0.3 is 0 Å². The molecule has 1 aromatic carbocycles. The molecule has 2 aromatic rings. The van der Waals surface area contributed by atoms with E-state index < -0.39 is 0 Å². The van der Waals surface area contributed by atoms with Gasteiger partial charge in [0, 0.05) is 16.5 Å². The predicted octanol–water partition coefficient (Wildman–Crippen LogP) is 4.05. The van der Waals surface area contributed by atoms with Crippen LogP contribution >= 0.6 is 23.2 Å². The van der Waals surface area contributed by atoms with E-state index in [0.29, 0.717) is 10.0 Å². The molecule has 1 aromatic heterocycles. The van der Waals surface area contributed by atoms with Crippen molar-refractivity contribution in [1.29, 1.82) is 0 Å². The molecule has 0 aliphatic rings. The van der Waals surface area contributed by atoms with Crippen molar-refractivity contribution in [2.24, 2.45) is 0 Å². The van der Waals surface area contributed by atoms with E-state index in [-0.39, 0.29) is 0 Å². The van der Waals surface area contributed by atoms with Gasteiger partial charge in [0.2, 0.25) is 0 Å². The van der Waals surface area contributed by atoms with Gasteiger partial charge in [-0.1, -0.05) is 23.2 Å². The van der Waals surface area contributed by atoms with Crippen molar-refractivity contribution in [3.8, 4) is 0 Å². The molecule has 62 valence electrons. The minimum atomic E-state index is 0.599. The Bertz CT molecular complexity index is 431. The summed E-state index contributed by atoms with van der Waals surface area (Å²) in [5.74, 6) is 0.842. The van der Waals surface area contributed by atoms with E-state index in [1.165, 1.54) is 0 Å². The lowest BCUT2D eigenvalue weighted by Crippen LogP contribution is -1.67. The fourth-order valence-corrected chi connectivity index (χ4v) is 1.72. The van der Waals surface area contributed by atoms with Crippen LogP contribution in [0.2, 0.25) is 10.0 Å². The van der Waals surface area contributed by atoms with Crippen LogP contribution in [0.25, 0.3) is 11.0 Å². The molecule has 1 nitrogen and oxygen atoms in total. The van der Waals surface area contributed by atoms with Gasteiger partial charge in [-0.25, -0.2) is 0 Å². The van der Waals surface area contributed by atoms with Gasteiger partial charge in [0.1, 0.15) is 11.3 Å². The molecule has 0 spiro atoms. The lowest BCUT2D eigenvalue weighted by atomic mass is 10.2. The Morgan fingerprint density at radius 2 is 1.92 bits per heavy atom. The highest BCUT2D eigenvalue weighted by molar-refractivity contribution is 6.38. The Balaban J connectivity index is 2.88. The molecule has 0 unspecified atom stereocenters. The van der Waals surface area contributed by atoms with Crippen molar-refractivity contribution in [2.75, 3.05) is 0 Å². The van der Waals surface area contributed by atoms with E-state index >= 15 is 0 Å². The second-order valence-electron chi connectivity index (χ2n) is 2.66. The van der Waals surface area contributed by atoms with Crippen LogP contribution in [0.1, 0.15) is 5.76 Å². The first kappa shape index (κ1) is 7.96. The average molecular weight is 201 g/mol. The summed E-state index contributed by atoms with van der Waals surface area (Å²) in [7, 11) is 0. The third kappa shape index (κ3) is 1.19. The number of hydrogen-bond donors (Lipinski definition) is 0. The molecule has 12 heavy (non-hydrogen) atoms. The summed E-state index contributed by atoms with van der Waals surface area (Å²) in [6.45, 7) is 1.88. The Kier molecular flexibility index (Phi) is 1.78. The lowest BCUT2D eigenvalue weighted by molar-refractivity contribution is 0.578. The predicted molar refractivity (Wildman–Crippen MR) is 51.0 cm³/mol. The van der Waals surface area contributed by atoms with E-state index in [4.69, 9.17) is 27.6 Å². The lowest BCUT2D eigenvalue weighted by Gasteiger charge is -1.92. The molecule has 2 rings (SSSR count). The number of benzene rings is 1. The number of rotatable bonds is 0.